The van der Waals surface area contributed by atoms with Crippen LogP contribution in [0.15, 0.2) is 68.5 Å². The number of hydrogen-bond acceptors (Lipinski definition) is 9. The second-order valence-corrected chi connectivity index (χ2v) is 10.4. The van der Waals surface area contributed by atoms with Crippen LogP contribution in [0.4, 0.5) is 0 Å². The molecule has 2 aromatic carbocycles. The maximum atomic E-state index is 14.0. The number of nitrogens with zero attached hydrogens (tertiary/aromatic N) is 2. The average Bonchev–Trinajstić information content (AvgIpc) is 3.25. The molecule has 0 saturated carbocycles. The lowest BCUT2D eigenvalue weighted by atomic mass is 9.95. The summed E-state index contributed by atoms with van der Waals surface area (Å²) in [5.41, 5.74) is 1.77. The van der Waals surface area contributed by atoms with E-state index in [0.29, 0.717) is 54.7 Å². The summed E-state index contributed by atoms with van der Waals surface area (Å²) >= 11 is 4.83. The van der Waals surface area contributed by atoms with Crippen molar-refractivity contribution in [1.82, 2.24) is 4.57 Å². The normalized spacial score (nSPS) is 14.8. The Morgan fingerprint density at radius 2 is 1.77 bits per heavy atom. The van der Waals surface area contributed by atoms with Crippen LogP contribution in [0.25, 0.3) is 6.08 Å². The van der Waals surface area contributed by atoms with E-state index in [4.69, 9.17) is 23.7 Å². The molecule has 1 atom stereocenters. The lowest BCUT2D eigenvalue weighted by Gasteiger charge is -2.26. The molecule has 0 spiro atoms. The van der Waals surface area contributed by atoms with Crippen molar-refractivity contribution in [3.63, 3.8) is 0 Å². The van der Waals surface area contributed by atoms with Crippen molar-refractivity contribution in [2.24, 2.45) is 4.99 Å². The Labute approximate surface area is 243 Å². The molecule has 0 fully saturated rings. The maximum Gasteiger partial charge on any atom is 0.338 e. The van der Waals surface area contributed by atoms with Gasteiger partial charge in [0.1, 0.15) is 6.61 Å². The largest absolute Gasteiger partial charge is 0.493 e. The third-order valence-electron chi connectivity index (χ3n) is 6.16. The summed E-state index contributed by atoms with van der Waals surface area (Å²) in [6, 6.07) is 8.05. The van der Waals surface area contributed by atoms with Crippen LogP contribution in [0, 0.1) is 0 Å². The molecule has 11 heteroatoms. The van der Waals surface area contributed by atoms with Crippen LogP contribution in [-0.2, 0) is 9.53 Å². The molecule has 40 heavy (non-hydrogen) atoms. The van der Waals surface area contributed by atoms with Gasteiger partial charge in [-0.3, -0.25) is 9.36 Å². The first-order valence-electron chi connectivity index (χ1n) is 12.3. The number of allylic oxidation sites excluding steroid dienone is 1. The predicted octanol–water partition coefficient (Wildman–Crippen LogP) is 4.15. The second kappa shape index (κ2) is 12.6. The molecule has 0 unspecified atom stereocenters. The average molecular weight is 630 g/mol. The number of benzene rings is 2. The van der Waals surface area contributed by atoms with Gasteiger partial charge in [-0.25, -0.2) is 9.79 Å². The molecule has 3 aromatic rings. The van der Waals surface area contributed by atoms with Crippen LogP contribution in [0.1, 0.15) is 31.0 Å². The Balaban J connectivity index is 1.94. The Hall–Kier alpha value is -3.83. The quantitative estimate of drug-likeness (QED) is 0.246. The number of hydrogen-bond donors (Lipinski definition) is 0. The highest BCUT2D eigenvalue weighted by atomic mass is 79.9. The molecule has 0 N–H and O–H groups in total. The van der Waals surface area contributed by atoms with Gasteiger partial charge < -0.3 is 23.7 Å². The summed E-state index contributed by atoms with van der Waals surface area (Å²) in [5.74, 6) is 1.49. The number of fused-ring (bicyclic) bond motifs is 1. The SMILES string of the molecule is C=CCOc1ccc(/C=c2\sc3n(c2=O)[C@H](c2cc(OC)c(OC)cc2Br)C(C(=O)OCC)=C(C)N=3)cc1OC. The number of carbonyl (C=O) groups is 1. The molecule has 1 aliphatic rings. The number of carbonyl (C=O) groups excluding carboxylic acids is 1. The Morgan fingerprint density at radius 3 is 2.42 bits per heavy atom. The third-order valence-corrected chi connectivity index (χ3v) is 7.83. The number of thiazole rings is 1. The van der Waals surface area contributed by atoms with E-state index in [1.165, 1.54) is 30.1 Å². The van der Waals surface area contributed by atoms with E-state index in [1.807, 2.05) is 6.07 Å². The predicted molar refractivity (Wildman–Crippen MR) is 156 cm³/mol. The number of esters is 1. The summed E-state index contributed by atoms with van der Waals surface area (Å²) in [6.45, 7) is 7.64. The molecular weight excluding hydrogens is 600 g/mol. The van der Waals surface area contributed by atoms with E-state index in [-0.39, 0.29) is 17.7 Å². The zero-order valence-electron chi connectivity index (χ0n) is 22.8. The van der Waals surface area contributed by atoms with Gasteiger partial charge in [0.2, 0.25) is 0 Å². The van der Waals surface area contributed by atoms with Crippen LogP contribution >= 0.6 is 27.3 Å². The Bertz CT molecular complexity index is 1670. The molecule has 0 radical (unpaired) electrons. The van der Waals surface area contributed by atoms with Crippen molar-refractivity contribution in [2.45, 2.75) is 19.9 Å². The number of aromatic nitrogens is 1. The maximum absolute atomic E-state index is 14.0. The minimum Gasteiger partial charge on any atom is -0.493 e. The van der Waals surface area contributed by atoms with Crippen molar-refractivity contribution in [3.8, 4) is 23.0 Å². The van der Waals surface area contributed by atoms with Crippen molar-refractivity contribution in [2.75, 3.05) is 34.5 Å². The first-order valence-corrected chi connectivity index (χ1v) is 13.9. The first-order chi connectivity index (χ1) is 19.3. The van der Waals surface area contributed by atoms with E-state index in [9.17, 15) is 9.59 Å². The molecule has 0 amide bonds. The topological polar surface area (TPSA) is 97.6 Å². The fourth-order valence-electron chi connectivity index (χ4n) is 4.36. The van der Waals surface area contributed by atoms with Crippen LogP contribution in [0.5, 0.6) is 23.0 Å². The molecule has 1 aliphatic heterocycles. The lowest BCUT2D eigenvalue weighted by Crippen LogP contribution is -2.40. The van der Waals surface area contributed by atoms with E-state index in [2.05, 4.69) is 27.5 Å². The highest BCUT2D eigenvalue weighted by Crippen LogP contribution is 2.40. The first kappa shape index (κ1) is 29.2. The molecule has 0 bridgehead atoms. The number of ether oxygens (including phenoxy) is 5. The molecule has 1 aromatic heterocycles. The zero-order valence-corrected chi connectivity index (χ0v) is 25.2. The second-order valence-electron chi connectivity index (χ2n) is 8.54. The van der Waals surface area contributed by atoms with Gasteiger partial charge in [0.25, 0.3) is 5.56 Å². The molecule has 4 rings (SSSR count). The van der Waals surface area contributed by atoms with Gasteiger partial charge >= 0.3 is 5.97 Å². The fraction of sp³-hybridized carbons (Fsp3) is 0.276. The van der Waals surface area contributed by atoms with Gasteiger partial charge in [0.15, 0.2) is 27.8 Å². The van der Waals surface area contributed by atoms with Gasteiger partial charge in [-0.1, -0.05) is 46.0 Å². The molecule has 210 valence electrons. The summed E-state index contributed by atoms with van der Waals surface area (Å²) in [7, 11) is 4.61. The summed E-state index contributed by atoms with van der Waals surface area (Å²) in [4.78, 5) is 32.3. The van der Waals surface area contributed by atoms with Crippen molar-refractivity contribution in [3.05, 3.63) is 89.5 Å². The Morgan fingerprint density at radius 1 is 1.10 bits per heavy atom. The summed E-state index contributed by atoms with van der Waals surface area (Å²) in [6.07, 6.45) is 3.40. The monoisotopic (exact) mass is 628 g/mol. The van der Waals surface area contributed by atoms with Crippen molar-refractivity contribution >= 4 is 39.3 Å². The molecular formula is C29H29BrN2O7S. The summed E-state index contributed by atoms with van der Waals surface area (Å²) in [5, 5.41) is 0. The number of methoxy groups -OCH3 is 3. The minimum atomic E-state index is -0.823. The van der Waals surface area contributed by atoms with Gasteiger partial charge in [0, 0.05) is 4.47 Å². The lowest BCUT2D eigenvalue weighted by molar-refractivity contribution is -0.139. The van der Waals surface area contributed by atoms with Crippen LogP contribution in [-0.4, -0.2) is 45.1 Å². The van der Waals surface area contributed by atoms with Gasteiger partial charge in [-0.05, 0) is 55.3 Å². The smallest absolute Gasteiger partial charge is 0.338 e. The zero-order chi connectivity index (χ0) is 29.0. The highest BCUT2D eigenvalue weighted by Gasteiger charge is 2.35. The van der Waals surface area contributed by atoms with E-state index in [1.54, 1.807) is 57.4 Å². The van der Waals surface area contributed by atoms with Gasteiger partial charge in [0.05, 0.1) is 49.8 Å². The minimum absolute atomic E-state index is 0.175. The summed E-state index contributed by atoms with van der Waals surface area (Å²) < 4.78 is 30.0. The van der Waals surface area contributed by atoms with Crippen LogP contribution in [0.2, 0.25) is 0 Å². The highest BCUT2D eigenvalue weighted by molar-refractivity contribution is 9.10. The van der Waals surface area contributed by atoms with Crippen molar-refractivity contribution in [1.29, 1.82) is 0 Å². The molecule has 2 heterocycles. The van der Waals surface area contributed by atoms with Gasteiger partial charge in [-0.2, -0.15) is 0 Å². The van der Waals surface area contributed by atoms with E-state index >= 15 is 0 Å². The molecule has 0 aliphatic carbocycles. The number of halogens is 1. The Kier molecular flexibility index (Phi) is 9.16. The van der Waals surface area contributed by atoms with E-state index < -0.39 is 12.0 Å². The molecule has 9 nitrogen and oxygen atoms in total. The van der Waals surface area contributed by atoms with E-state index in [0.717, 1.165) is 5.56 Å². The van der Waals surface area contributed by atoms with Crippen LogP contribution < -0.4 is 33.8 Å². The molecule has 0 saturated heterocycles. The fourth-order valence-corrected chi connectivity index (χ4v) is 5.94. The van der Waals surface area contributed by atoms with Crippen LogP contribution in [0.3, 0.4) is 0 Å². The standard InChI is InChI=1S/C29H29BrN2O7S/c1-7-11-39-20-10-9-17(12-21(20)35-4)13-24-27(33)32-26(18-14-22(36-5)23(37-6)15-19(18)30)25(28(34)38-8-2)16(3)31-29(32)40-24/h7,9-10,12-15,26H,1,8,11H2,2-6H3/b24-13-/t26-/m1/s1. The van der Waals surface area contributed by atoms with Crippen molar-refractivity contribution < 1.29 is 28.5 Å². The third kappa shape index (κ3) is 5.57. The van der Waals surface area contributed by atoms with Gasteiger partial charge in [-0.15, -0.1) is 0 Å². The number of rotatable bonds is 10.